The van der Waals surface area contributed by atoms with Crippen LogP contribution in [0.3, 0.4) is 0 Å². The summed E-state index contributed by atoms with van der Waals surface area (Å²) in [6.07, 6.45) is 1.65. The summed E-state index contributed by atoms with van der Waals surface area (Å²) in [5.41, 5.74) is 2.17. The van der Waals surface area contributed by atoms with Gasteiger partial charge < -0.3 is 19.2 Å². The van der Waals surface area contributed by atoms with Gasteiger partial charge in [-0.1, -0.05) is 6.07 Å². The van der Waals surface area contributed by atoms with Gasteiger partial charge in [0.05, 0.1) is 0 Å². The van der Waals surface area contributed by atoms with Gasteiger partial charge in [0, 0.05) is 25.3 Å². The molecule has 3 heterocycles. The first-order valence-electron chi connectivity index (χ1n) is 7.79. The van der Waals surface area contributed by atoms with E-state index < -0.39 is 0 Å². The van der Waals surface area contributed by atoms with Gasteiger partial charge in [-0.15, -0.1) is 0 Å². The Morgan fingerprint density at radius 3 is 3.08 bits per heavy atom. The fraction of sp³-hybridized carbons (Fsp3) is 0.294. The molecule has 7 heteroatoms. The van der Waals surface area contributed by atoms with Crippen molar-refractivity contribution >= 4 is 11.2 Å². The molecule has 1 aromatic carbocycles. The summed E-state index contributed by atoms with van der Waals surface area (Å²) in [7, 11) is 0. The molecule has 2 aromatic heterocycles. The summed E-state index contributed by atoms with van der Waals surface area (Å²) in [6, 6.07) is 9.49. The van der Waals surface area contributed by atoms with Gasteiger partial charge in [-0.05, 0) is 36.8 Å². The molecule has 1 atom stereocenters. The Hall–Kier alpha value is -2.80. The number of hydrogen-bond acceptors (Lipinski definition) is 6. The fourth-order valence-electron chi connectivity index (χ4n) is 2.79. The van der Waals surface area contributed by atoms with Gasteiger partial charge in [-0.3, -0.25) is 4.57 Å². The minimum absolute atomic E-state index is 0.112. The topological polar surface area (TPSA) is 78.5 Å². The Balaban J connectivity index is 1.43. The van der Waals surface area contributed by atoms with Crippen LogP contribution in [0.1, 0.15) is 18.5 Å². The summed E-state index contributed by atoms with van der Waals surface area (Å²) < 4.78 is 17.4. The van der Waals surface area contributed by atoms with E-state index >= 15 is 0 Å². The minimum Gasteiger partial charge on any atom is -0.454 e. The molecule has 0 fully saturated rings. The van der Waals surface area contributed by atoms with Crippen LogP contribution in [0, 0.1) is 0 Å². The quantitative estimate of drug-likeness (QED) is 0.773. The van der Waals surface area contributed by atoms with E-state index in [-0.39, 0.29) is 18.6 Å². The van der Waals surface area contributed by atoms with Crippen molar-refractivity contribution in [3.8, 4) is 11.5 Å². The monoisotopic (exact) mass is 327 g/mol. The summed E-state index contributed by atoms with van der Waals surface area (Å²) in [5, 5.41) is 3.39. The number of hydrogen-bond donors (Lipinski definition) is 1. The van der Waals surface area contributed by atoms with Crippen LogP contribution in [0.4, 0.5) is 0 Å². The van der Waals surface area contributed by atoms with E-state index in [9.17, 15) is 4.79 Å². The molecule has 124 valence electrons. The van der Waals surface area contributed by atoms with Crippen molar-refractivity contribution < 1.29 is 13.9 Å². The molecule has 0 saturated carbocycles. The number of nitrogens with one attached hydrogen (secondary N) is 1. The lowest BCUT2D eigenvalue weighted by Crippen LogP contribution is -2.26. The highest BCUT2D eigenvalue weighted by Gasteiger charge is 2.16. The Labute approximate surface area is 137 Å². The second-order valence-electron chi connectivity index (χ2n) is 5.63. The zero-order chi connectivity index (χ0) is 16.5. The Bertz CT molecular complexity index is 931. The van der Waals surface area contributed by atoms with Gasteiger partial charge in [0.25, 0.3) is 0 Å². The van der Waals surface area contributed by atoms with E-state index in [1.54, 1.807) is 18.3 Å². The van der Waals surface area contributed by atoms with Crippen molar-refractivity contribution in [3.05, 3.63) is 52.6 Å². The van der Waals surface area contributed by atoms with E-state index in [4.69, 9.17) is 13.9 Å². The second kappa shape index (κ2) is 6.01. The molecule has 1 aliphatic rings. The second-order valence-corrected chi connectivity index (χ2v) is 5.63. The van der Waals surface area contributed by atoms with Crippen molar-refractivity contribution in [1.82, 2.24) is 14.9 Å². The lowest BCUT2D eigenvalue weighted by atomic mass is 10.1. The van der Waals surface area contributed by atoms with Crippen LogP contribution in [0.25, 0.3) is 11.2 Å². The predicted molar refractivity (Wildman–Crippen MR) is 87.3 cm³/mol. The van der Waals surface area contributed by atoms with Crippen molar-refractivity contribution in [2.24, 2.45) is 0 Å². The Morgan fingerprint density at radius 2 is 2.17 bits per heavy atom. The van der Waals surface area contributed by atoms with Gasteiger partial charge in [-0.25, -0.2) is 9.78 Å². The average molecular weight is 327 g/mol. The van der Waals surface area contributed by atoms with Crippen LogP contribution < -0.4 is 20.5 Å². The third-order valence-corrected chi connectivity index (χ3v) is 4.11. The summed E-state index contributed by atoms with van der Waals surface area (Å²) in [6.45, 7) is 3.43. The standard InChI is InChI=1S/C17H17N3O4/c1-11(12-4-5-13-15(9-12)23-10-22-13)18-7-8-20-16-14(24-17(20)21)3-2-6-19-16/h2-6,9,11,18H,7-8,10H2,1H3. The number of oxazole rings is 1. The zero-order valence-electron chi connectivity index (χ0n) is 13.2. The molecule has 0 radical (unpaired) electrons. The SMILES string of the molecule is CC(NCCn1c(=O)oc2cccnc21)c1ccc2c(c1)OCO2. The minimum atomic E-state index is -0.388. The van der Waals surface area contributed by atoms with Crippen LogP contribution in [0.15, 0.2) is 45.7 Å². The molecule has 4 rings (SSSR count). The van der Waals surface area contributed by atoms with Crippen molar-refractivity contribution in [3.63, 3.8) is 0 Å². The maximum absolute atomic E-state index is 11.9. The number of pyridine rings is 1. The van der Waals surface area contributed by atoms with Gasteiger partial charge >= 0.3 is 5.76 Å². The molecule has 0 saturated heterocycles. The van der Waals surface area contributed by atoms with Crippen LogP contribution in [-0.2, 0) is 6.54 Å². The van der Waals surface area contributed by atoms with E-state index in [0.717, 1.165) is 17.1 Å². The van der Waals surface area contributed by atoms with Crippen molar-refractivity contribution in [2.75, 3.05) is 13.3 Å². The molecular formula is C17H17N3O4. The van der Waals surface area contributed by atoms with Gasteiger partial charge in [0.15, 0.2) is 22.7 Å². The number of fused-ring (bicyclic) bond motifs is 2. The molecule has 3 aromatic rings. The highest BCUT2D eigenvalue weighted by molar-refractivity contribution is 5.67. The number of benzene rings is 1. The first-order valence-corrected chi connectivity index (χ1v) is 7.79. The zero-order valence-corrected chi connectivity index (χ0v) is 13.2. The largest absolute Gasteiger partial charge is 0.454 e. The lowest BCUT2D eigenvalue weighted by Gasteiger charge is -2.14. The normalized spacial score (nSPS) is 14.2. The smallest absolute Gasteiger partial charge is 0.421 e. The number of ether oxygens (including phenoxy) is 2. The Kier molecular flexibility index (Phi) is 3.70. The molecule has 0 amide bonds. The molecule has 1 N–H and O–H groups in total. The number of aromatic nitrogens is 2. The summed E-state index contributed by atoms with van der Waals surface area (Å²) in [5.74, 6) is 1.15. The van der Waals surface area contributed by atoms with Crippen LogP contribution in [0.2, 0.25) is 0 Å². The number of nitrogens with zero attached hydrogens (tertiary/aromatic N) is 2. The Morgan fingerprint density at radius 1 is 1.29 bits per heavy atom. The molecule has 1 unspecified atom stereocenters. The first-order chi connectivity index (χ1) is 11.7. The summed E-state index contributed by atoms with van der Waals surface area (Å²) in [4.78, 5) is 16.1. The van der Waals surface area contributed by atoms with Crippen molar-refractivity contribution in [1.29, 1.82) is 0 Å². The van der Waals surface area contributed by atoms with E-state index in [1.165, 1.54) is 4.57 Å². The fourth-order valence-corrected chi connectivity index (χ4v) is 2.79. The van der Waals surface area contributed by atoms with Crippen LogP contribution in [0.5, 0.6) is 11.5 Å². The van der Waals surface area contributed by atoms with E-state index in [2.05, 4.69) is 17.2 Å². The summed E-state index contributed by atoms with van der Waals surface area (Å²) >= 11 is 0. The molecule has 7 nitrogen and oxygen atoms in total. The van der Waals surface area contributed by atoms with Crippen molar-refractivity contribution in [2.45, 2.75) is 19.5 Å². The van der Waals surface area contributed by atoms with Gasteiger partial charge in [0.2, 0.25) is 6.79 Å². The number of rotatable bonds is 5. The first kappa shape index (κ1) is 14.8. The molecule has 1 aliphatic heterocycles. The third-order valence-electron chi connectivity index (χ3n) is 4.11. The molecule has 24 heavy (non-hydrogen) atoms. The van der Waals surface area contributed by atoms with Gasteiger partial charge in [-0.2, -0.15) is 0 Å². The van der Waals surface area contributed by atoms with Crippen LogP contribution >= 0.6 is 0 Å². The third kappa shape index (κ3) is 2.63. The van der Waals surface area contributed by atoms with E-state index in [0.29, 0.717) is 24.3 Å². The van der Waals surface area contributed by atoms with Gasteiger partial charge in [0.1, 0.15) is 0 Å². The lowest BCUT2D eigenvalue weighted by molar-refractivity contribution is 0.174. The highest BCUT2D eigenvalue weighted by atomic mass is 16.7. The maximum atomic E-state index is 11.9. The van der Waals surface area contributed by atoms with Crippen LogP contribution in [-0.4, -0.2) is 22.9 Å². The molecule has 0 aliphatic carbocycles. The average Bonchev–Trinajstić information content (AvgIpc) is 3.18. The highest BCUT2D eigenvalue weighted by Crippen LogP contribution is 2.34. The van der Waals surface area contributed by atoms with E-state index in [1.807, 2.05) is 18.2 Å². The molecular weight excluding hydrogens is 310 g/mol. The molecule has 0 bridgehead atoms. The molecule has 0 spiro atoms. The maximum Gasteiger partial charge on any atom is 0.421 e. The predicted octanol–water partition coefficient (Wildman–Crippen LogP) is 2.07.